The van der Waals surface area contributed by atoms with Gasteiger partial charge in [-0.2, -0.15) is 0 Å². The van der Waals surface area contributed by atoms with Crippen molar-refractivity contribution in [3.8, 4) is 11.5 Å². The molecular formula is C12H6BrCl2FO3S. The zero-order chi connectivity index (χ0) is 14.9. The van der Waals surface area contributed by atoms with E-state index >= 15 is 0 Å². The van der Waals surface area contributed by atoms with Crippen LogP contribution in [0.3, 0.4) is 0 Å². The predicted molar refractivity (Wildman–Crippen MR) is 78.7 cm³/mol. The summed E-state index contributed by atoms with van der Waals surface area (Å²) in [5.41, 5.74) is 0. The summed E-state index contributed by atoms with van der Waals surface area (Å²) in [6.45, 7) is 0. The first-order valence-electron chi connectivity index (χ1n) is 5.14. The van der Waals surface area contributed by atoms with Gasteiger partial charge in [0, 0.05) is 15.2 Å². The van der Waals surface area contributed by atoms with Crippen molar-refractivity contribution >= 4 is 47.3 Å². The molecule has 20 heavy (non-hydrogen) atoms. The summed E-state index contributed by atoms with van der Waals surface area (Å²) in [7, 11) is 1.32. The highest BCUT2D eigenvalue weighted by molar-refractivity contribution is 9.10. The second kappa shape index (κ2) is 5.89. The molecule has 0 bridgehead atoms. The van der Waals surface area contributed by atoms with Gasteiger partial charge in [0.1, 0.15) is 5.75 Å². The van der Waals surface area contributed by atoms with Crippen LogP contribution in [-0.4, -0.2) is 8.42 Å². The highest BCUT2D eigenvalue weighted by Crippen LogP contribution is 2.34. The van der Waals surface area contributed by atoms with Gasteiger partial charge in [-0.1, -0.05) is 27.5 Å². The van der Waals surface area contributed by atoms with Crippen molar-refractivity contribution in [1.29, 1.82) is 0 Å². The number of hydrogen-bond donors (Lipinski definition) is 0. The second-order valence-corrected chi connectivity index (χ2v) is 7.60. The van der Waals surface area contributed by atoms with Crippen LogP contribution in [0.4, 0.5) is 4.39 Å². The lowest BCUT2D eigenvalue weighted by atomic mass is 10.3. The summed E-state index contributed by atoms with van der Waals surface area (Å²) in [6, 6.07) is 7.84. The number of ether oxygens (including phenoxy) is 1. The molecule has 0 unspecified atom stereocenters. The third-order valence-corrected chi connectivity index (χ3v) is 4.44. The molecule has 3 nitrogen and oxygen atoms in total. The molecule has 0 aromatic heterocycles. The van der Waals surface area contributed by atoms with E-state index < -0.39 is 14.9 Å². The molecule has 106 valence electrons. The SMILES string of the molecule is O=S(=O)(Cl)c1ccc(Oc2cc(Br)ccc2F)c(Cl)c1. The summed E-state index contributed by atoms with van der Waals surface area (Å²) in [6.07, 6.45) is 0. The summed E-state index contributed by atoms with van der Waals surface area (Å²) in [4.78, 5) is -0.161. The van der Waals surface area contributed by atoms with Crippen molar-refractivity contribution in [3.63, 3.8) is 0 Å². The average Bonchev–Trinajstić information content (AvgIpc) is 2.35. The Morgan fingerprint density at radius 2 is 1.80 bits per heavy atom. The first kappa shape index (κ1) is 15.6. The van der Waals surface area contributed by atoms with Crippen LogP contribution in [0, 0.1) is 5.82 Å². The zero-order valence-corrected chi connectivity index (χ0v) is 13.5. The number of rotatable bonds is 3. The first-order valence-corrected chi connectivity index (χ1v) is 8.62. The largest absolute Gasteiger partial charge is 0.453 e. The predicted octanol–water partition coefficient (Wildman–Crippen LogP) is 4.96. The third kappa shape index (κ3) is 3.63. The van der Waals surface area contributed by atoms with Gasteiger partial charge in [0.05, 0.1) is 9.92 Å². The van der Waals surface area contributed by atoms with Crippen LogP contribution in [0.25, 0.3) is 0 Å². The van der Waals surface area contributed by atoms with Gasteiger partial charge in [-0.3, -0.25) is 0 Å². The lowest BCUT2D eigenvalue weighted by Gasteiger charge is -2.09. The quantitative estimate of drug-likeness (QED) is 0.685. The monoisotopic (exact) mass is 398 g/mol. The topological polar surface area (TPSA) is 43.4 Å². The number of hydrogen-bond acceptors (Lipinski definition) is 3. The van der Waals surface area contributed by atoms with E-state index in [1.165, 1.54) is 30.3 Å². The van der Waals surface area contributed by atoms with Crippen molar-refractivity contribution in [3.05, 3.63) is 51.7 Å². The van der Waals surface area contributed by atoms with E-state index in [0.29, 0.717) is 4.47 Å². The highest BCUT2D eigenvalue weighted by Gasteiger charge is 2.14. The molecule has 0 radical (unpaired) electrons. The molecular weight excluding hydrogens is 394 g/mol. The third-order valence-electron chi connectivity index (χ3n) is 2.30. The highest BCUT2D eigenvalue weighted by atomic mass is 79.9. The lowest BCUT2D eigenvalue weighted by Crippen LogP contribution is -1.93. The van der Waals surface area contributed by atoms with Gasteiger partial charge in [-0.25, -0.2) is 12.8 Å². The van der Waals surface area contributed by atoms with Crippen molar-refractivity contribution < 1.29 is 17.5 Å². The molecule has 0 spiro atoms. The summed E-state index contributed by atoms with van der Waals surface area (Å²) in [5, 5.41) is 0.00565. The van der Waals surface area contributed by atoms with E-state index in [2.05, 4.69) is 15.9 Å². The molecule has 0 saturated heterocycles. The fraction of sp³-hybridized carbons (Fsp3) is 0. The molecule has 2 rings (SSSR count). The molecule has 0 aliphatic rings. The Bertz CT molecular complexity index is 765. The lowest BCUT2D eigenvalue weighted by molar-refractivity contribution is 0.442. The van der Waals surface area contributed by atoms with Crippen molar-refractivity contribution in [1.82, 2.24) is 0 Å². The van der Waals surface area contributed by atoms with Gasteiger partial charge in [0.25, 0.3) is 9.05 Å². The van der Waals surface area contributed by atoms with E-state index in [9.17, 15) is 12.8 Å². The second-order valence-electron chi connectivity index (χ2n) is 3.71. The number of halogens is 4. The van der Waals surface area contributed by atoms with Crippen molar-refractivity contribution in [2.75, 3.05) is 0 Å². The van der Waals surface area contributed by atoms with E-state index in [1.807, 2.05) is 0 Å². The summed E-state index contributed by atoms with van der Waals surface area (Å²) >= 11 is 9.08. The van der Waals surface area contributed by atoms with Gasteiger partial charge in [0.2, 0.25) is 0 Å². The van der Waals surface area contributed by atoms with Crippen LogP contribution in [-0.2, 0) is 9.05 Å². The van der Waals surface area contributed by atoms with E-state index in [1.54, 1.807) is 0 Å². The van der Waals surface area contributed by atoms with Gasteiger partial charge < -0.3 is 4.74 Å². The smallest absolute Gasteiger partial charge is 0.261 e. The normalized spacial score (nSPS) is 11.4. The molecule has 0 heterocycles. The molecule has 0 aliphatic heterocycles. The molecule has 0 N–H and O–H groups in total. The van der Waals surface area contributed by atoms with Gasteiger partial charge in [-0.15, -0.1) is 0 Å². The molecule has 0 fully saturated rings. The van der Waals surface area contributed by atoms with Crippen LogP contribution in [0.15, 0.2) is 45.8 Å². The fourth-order valence-corrected chi connectivity index (χ4v) is 2.79. The van der Waals surface area contributed by atoms with Crippen LogP contribution >= 0.6 is 38.2 Å². The maximum absolute atomic E-state index is 13.5. The minimum Gasteiger partial charge on any atom is -0.453 e. The number of benzene rings is 2. The van der Waals surface area contributed by atoms with Crippen LogP contribution < -0.4 is 4.74 Å². The summed E-state index contributed by atoms with van der Waals surface area (Å²) < 4.78 is 41.8. The Hall–Kier alpha value is -0.820. The van der Waals surface area contributed by atoms with Gasteiger partial charge in [0.15, 0.2) is 11.6 Å². The minimum absolute atomic E-state index is 0.00565. The molecule has 0 aliphatic carbocycles. The Balaban J connectivity index is 2.38. The van der Waals surface area contributed by atoms with Crippen LogP contribution in [0.5, 0.6) is 11.5 Å². The Morgan fingerprint density at radius 1 is 1.10 bits per heavy atom. The molecule has 0 atom stereocenters. The van der Waals surface area contributed by atoms with Gasteiger partial charge in [-0.05, 0) is 36.4 Å². The van der Waals surface area contributed by atoms with Crippen molar-refractivity contribution in [2.24, 2.45) is 0 Å². The Labute approximate surface area is 132 Å². The summed E-state index contributed by atoms with van der Waals surface area (Å²) in [5.74, 6) is -0.492. The molecule has 2 aromatic rings. The zero-order valence-electron chi connectivity index (χ0n) is 9.61. The standard InChI is InChI=1S/C12H6BrCl2FO3S/c13-7-1-3-10(16)12(5-7)19-11-4-2-8(6-9(11)14)20(15,17)18/h1-6H. The van der Waals surface area contributed by atoms with Crippen LogP contribution in [0.1, 0.15) is 0 Å². The van der Waals surface area contributed by atoms with E-state index in [4.69, 9.17) is 27.0 Å². The maximum atomic E-state index is 13.5. The van der Waals surface area contributed by atoms with E-state index in [-0.39, 0.29) is 21.4 Å². The van der Waals surface area contributed by atoms with Crippen LogP contribution in [0.2, 0.25) is 5.02 Å². The average molecular weight is 400 g/mol. The maximum Gasteiger partial charge on any atom is 0.261 e. The molecule has 0 amide bonds. The molecule has 8 heteroatoms. The minimum atomic E-state index is -3.88. The van der Waals surface area contributed by atoms with Gasteiger partial charge >= 0.3 is 0 Å². The molecule has 2 aromatic carbocycles. The fourth-order valence-electron chi connectivity index (χ4n) is 1.39. The molecule has 0 saturated carbocycles. The van der Waals surface area contributed by atoms with Crippen molar-refractivity contribution in [2.45, 2.75) is 4.90 Å². The Kier molecular flexibility index (Phi) is 4.59. The Morgan fingerprint density at radius 3 is 2.40 bits per heavy atom. The van der Waals surface area contributed by atoms with E-state index in [0.717, 1.165) is 6.07 Å². The first-order chi connectivity index (χ1) is 9.27.